The summed E-state index contributed by atoms with van der Waals surface area (Å²) in [5, 5.41) is 0. The molecule has 1 rings (SSSR count). The van der Waals surface area contributed by atoms with Gasteiger partial charge in [-0.05, 0) is 18.6 Å². The lowest BCUT2D eigenvalue weighted by Gasteiger charge is -1.97. The molecule has 4 heteroatoms. The Labute approximate surface area is 116 Å². The number of carbonyl (C=O) groups excluding carboxylic acids is 1. The summed E-state index contributed by atoms with van der Waals surface area (Å²) in [6.45, 7) is 8.33. The second-order valence-electron chi connectivity index (χ2n) is 2.98. The number of hydrogen-bond acceptors (Lipinski definition) is 4. The quantitative estimate of drug-likeness (QED) is 0.504. The molecule has 0 fully saturated rings. The molecule has 0 heterocycles. The normalized spacial score (nSPS) is 8.06. The van der Waals surface area contributed by atoms with Gasteiger partial charge >= 0.3 is 5.97 Å². The van der Waals surface area contributed by atoms with Gasteiger partial charge in [0.2, 0.25) is 0 Å². The average molecular weight is 272 g/mol. The summed E-state index contributed by atoms with van der Waals surface area (Å²) in [5.74, 6) is 0.669. The maximum Gasteiger partial charge on any atom is 0.305 e. The number of rotatable bonds is 4. The van der Waals surface area contributed by atoms with Crippen molar-refractivity contribution in [2.45, 2.75) is 40.5 Å². The van der Waals surface area contributed by atoms with Gasteiger partial charge < -0.3 is 8.92 Å². The number of ether oxygens (including phenoxy) is 1. The maximum absolute atomic E-state index is 10.3. The lowest BCUT2D eigenvalue weighted by Crippen LogP contribution is -2.02. The van der Waals surface area contributed by atoms with Gasteiger partial charge in [0.15, 0.2) is 0 Å². The van der Waals surface area contributed by atoms with Crippen LogP contribution in [0.4, 0.5) is 0 Å². The number of hydrogen-bond donors (Lipinski definition) is 1. The number of para-hydroxylation sites is 1. The average Bonchev–Trinajstić information content (AvgIpc) is 2.48. The van der Waals surface area contributed by atoms with Gasteiger partial charge in [0, 0.05) is 19.3 Å². The predicted octanol–water partition coefficient (Wildman–Crippen LogP) is 4.29. The van der Waals surface area contributed by atoms with Crippen molar-refractivity contribution >= 4 is 18.9 Å². The van der Waals surface area contributed by atoms with Crippen LogP contribution in [-0.4, -0.2) is 12.6 Å². The third-order valence-electron chi connectivity index (χ3n) is 1.60. The fourth-order valence-electron chi connectivity index (χ4n) is 0.799. The van der Waals surface area contributed by atoms with Crippen molar-refractivity contribution in [1.82, 2.24) is 0 Å². The molecule has 0 aliphatic heterocycles. The Morgan fingerprint density at radius 2 is 1.72 bits per heavy atom. The van der Waals surface area contributed by atoms with E-state index in [-0.39, 0.29) is 5.97 Å². The Balaban J connectivity index is 0. The fraction of sp³-hybridized carbons (Fsp3) is 0.500. The molecule has 0 saturated carbocycles. The summed E-state index contributed by atoms with van der Waals surface area (Å²) in [5.41, 5.74) is 0. The van der Waals surface area contributed by atoms with E-state index in [0.717, 1.165) is 12.2 Å². The molecule has 104 valence electrons. The van der Waals surface area contributed by atoms with E-state index in [0.29, 0.717) is 13.0 Å². The van der Waals surface area contributed by atoms with E-state index in [1.807, 2.05) is 51.1 Å². The molecule has 0 saturated heterocycles. The molecule has 0 atom stereocenters. The highest BCUT2D eigenvalue weighted by molar-refractivity contribution is 7.75. The summed E-state index contributed by atoms with van der Waals surface area (Å²) in [6, 6.07) is 9.40. The van der Waals surface area contributed by atoms with Crippen molar-refractivity contribution in [2.24, 2.45) is 0 Å². The molecule has 0 aromatic heterocycles. The molecule has 3 nitrogen and oxygen atoms in total. The van der Waals surface area contributed by atoms with E-state index in [9.17, 15) is 4.79 Å². The van der Waals surface area contributed by atoms with E-state index in [1.165, 1.54) is 0 Å². The van der Waals surface area contributed by atoms with E-state index in [2.05, 4.69) is 17.1 Å². The molecule has 0 unspecified atom stereocenters. The third kappa shape index (κ3) is 12.9. The molecule has 1 aromatic carbocycles. The van der Waals surface area contributed by atoms with Crippen LogP contribution in [0.25, 0.3) is 0 Å². The van der Waals surface area contributed by atoms with E-state index in [1.54, 1.807) is 6.92 Å². The van der Waals surface area contributed by atoms with Crippen LogP contribution in [0.15, 0.2) is 30.3 Å². The molecule has 0 bridgehead atoms. The topological polar surface area (TPSA) is 35.5 Å². The van der Waals surface area contributed by atoms with Crippen molar-refractivity contribution in [1.29, 1.82) is 0 Å². The zero-order valence-corrected chi connectivity index (χ0v) is 12.6. The Morgan fingerprint density at radius 3 is 2.06 bits per heavy atom. The van der Waals surface area contributed by atoms with Crippen molar-refractivity contribution in [3.05, 3.63) is 30.3 Å². The van der Waals surface area contributed by atoms with E-state index in [4.69, 9.17) is 4.74 Å². The largest absolute Gasteiger partial charge is 0.466 e. The lowest BCUT2D eigenvalue weighted by atomic mass is 10.3. The van der Waals surface area contributed by atoms with Crippen molar-refractivity contribution < 1.29 is 13.7 Å². The van der Waals surface area contributed by atoms with E-state index < -0.39 is 0 Å². The van der Waals surface area contributed by atoms with Crippen LogP contribution in [-0.2, 0) is 9.53 Å². The minimum atomic E-state index is -0.105. The second kappa shape index (κ2) is 15.8. The summed E-state index contributed by atoms with van der Waals surface area (Å²) in [4.78, 5) is 10.3. The summed E-state index contributed by atoms with van der Waals surface area (Å²) in [7, 11) is 0. The Hall–Kier alpha value is -1.16. The van der Waals surface area contributed by atoms with Crippen LogP contribution in [0.5, 0.6) is 5.75 Å². The minimum absolute atomic E-state index is 0.105. The number of benzene rings is 1. The SMILES string of the molecule is CC.CCCOC(=O)CC.SOc1ccccc1. The second-order valence-corrected chi connectivity index (χ2v) is 3.16. The van der Waals surface area contributed by atoms with Crippen molar-refractivity contribution in [3.8, 4) is 5.75 Å². The van der Waals surface area contributed by atoms with Gasteiger partial charge in [0.25, 0.3) is 0 Å². The number of carbonyl (C=O) groups is 1. The van der Waals surface area contributed by atoms with Crippen LogP contribution < -0.4 is 4.18 Å². The standard InChI is InChI=1S/C6H12O2.C6H6OS.C2H6/c1-3-5-8-6(7)4-2;8-7-6-4-2-1-3-5-6;1-2/h3-5H2,1-2H3;1-5,8H;1-2H3. The Bertz CT molecular complexity index is 276. The van der Waals surface area contributed by atoms with Crippen LogP contribution in [0.1, 0.15) is 40.5 Å². The molecule has 0 amide bonds. The maximum atomic E-state index is 10.3. The number of thiol groups is 1. The molecule has 0 N–H and O–H groups in total. The fourth-order valence-corrected chi connectivity index (χ4v) is 0.921. The zero-order valence-electron chi connectivity index (χ0n) is 11.7. The van der Waals surface area contributed by atoms with E-state index >= 15 is 0 Å². The summed E-state index contributed by atoms with van der Waals surface area (Å²) < 4.78 is 9.31. The molecular weight excluding hydrogens is 248 g/mol. The van der Waals surface area contributed by atoms with Gasteiger partial charge in [-0.2, -0.15) is 0 Å². The van der Waals surface area contributed by atoms with Gasteiger partial charge in [0.05, 0.1) is 6.61 Å². The van der Waals surface area contributed by atoms with Gasteiger partial charge in [-0.1, -0.05) is 45.9 Å². The first-order chi connectivity index (χ1) is 8.74. The third-order valence-corrected chi connectivity index (χ3v) is 1.82. The van der Waals surface area contributed by atoms with Crippen LogP contribution in [0.2, 0.25) is 0 Å². The monoisotopic (exact) mass is 272 g/mol. The molecule has 0 radical (unpaired) electrons. The van der Waals surface area contributed by atoms with Gasteiger partial charge in [0.1, 0.15) is 5.75 Å². The molecule has 0 spiro atoms. The highest BCUT2D eigenvalue weighted by Crippen LogP contribution is 2.08. The molecule has 0 aliphatic carbocycles. The molecule has 0 aliphatic rings. The Morgan fingerprint density at radius 1 is 1.17 bits per heavy atom. The van der Waals surface area contributed by atoms with Crippen LogP contribution >= 0.6 is 12.9 Å². The highest BCUT2D eigenvalue weighted by atomic mass is 32.1. The Kier molecular flexibility index (Phi) is 16.9. The number of esters is 1. The van der Waals surface area contributed by atoms with Crippen LogP contribution in [0, 0.1) is 0 Å². The van der Waals surface area contributed by atoms with Crippen molar-refractivity contribution in [3.63, 3.8) is 0 Å². The predicted molar refractivity (Wildman–Crippen MR) is 78.9 cm³/mol. The van der Waals surface area contributed by atoms with Gasteiger partial charge in [-0.3, -0.25) is 4.79 Å². The smallest absolute Gasteiger partial charge is 0.305 e. The molecular formula is C14H24O3S. The first-order valence-electron chi connectivity index (χ1n) is 6.26. The molecule has 1 aromatic rings. The van der Waals surface area contributed by atoms with Gasteiger partial charge in [-0.15, -0.1) is 0 Å². The van der Waals surface area contributed by atoms with Crippen molar-refractivity contribution in [2.75, 3.05) is 6.61 Å². The van der Waals surface area contributed by atoms with Crippen LogP contribution in [0.3, 0.4) is 0 Å². The lowest BCUT2D eigenvalue weighted by molar-refractivity contribution is -0.143. The zero-order chi connectivity index (χ0) is 14.2. The highest BCUT2D eigenvalue weighted by Gasteiger charge is 1.93. The molecule has 18 heavy (non-hydrogen) atoms. The summed E-state index contributed by atoms with van der Waals surface area (Å²) >= 11 is 3.61. The van der Waals surface area contributed by atoms with Gasteiger partial charge in [-0.25, -0.2) is 0 Å². The summed E-state index contributed by atoms with van der Waals surface area (Å²) in [6.07, 6.45) is 1.39. The first kappa shape index (κ1) is 19.2. The first-order valence-corrected chi connectivity index (χ1v) is 6.63. The minimum Gasteiger partial charge on any atom is -0.466 e.